The summed E-state index contributed by atoms with van der Waals surface area (Å²) in [5, 5.41) is 8.67. The van der Waals surface area contributed by atoms with Crippen LogP contribution in [0.25, 0.3) is 11.5 Å². The largest absolute Gasteiger partial charge is 0.420 e. The van der Waals surface area contributed by atoms with Gasteiger partial charge in [-0.15, -0.1) is 10.2 Å². The summed E-state index contributed by atoms with van der Waals surface area (Å²) >= 11 is 0. The Bertz CT molecular complexity index is 845. The zero-order chi connectivity index (χ0) is 21.8. The number of hydrogen-bond acceptors (Lipinski definition) is 6. The van der Waals surface area contributed by atoms with Gasteiger partial charge in [0.05, 0.1) is 5.92 Å². The second-order valence-electron chi connectivity index (χ2n) is 9.32. The molecule has 0 spiro atoms. The second kappa shape index (κ2) is 9.92. The van der Waals surface area contributed by atoms with E-state index in [1.54, 1.807) is 0 Å². The lowest BCUT2D eigenvalue weighted by Crippen LogP contribution is -2.37. The summed E-state index contributed by atoms with van der Waals surface area (Å²) in [6, 6.07) is 9.86. The average Bonchev–Trinajstić information content (AvgIpc) is 3.42. The van der Waals surface area contributed by atoms with Gasteiger partial charge < -0.3 is 19.1 Å². The van der Waals surface area contributed by atoms with Crippen LogP contribution in [0.4, 0.5) is 0 Å². The van der Waals surface area contributed by atoms with Crippen molar-refractivity contribution in [2.75, 3.05) is 53.4 Å². The van der Waals surface area contributed by atoms with Crippen molar-refractivity contribution in [3.8, 4) is 11.5 Å². The van der Waals surface area contributed by atoms with E-state index in [4.69, 9.17) is 4.42 Å². The number of amides is 1. The highest BCUT2D eigenvalue weighted by Gasteiger charge is 2.40. The van der Waals surface area contributed by atoms with Crippen LogP contribution in [-0.4, -0.2) is 84.2 Å². The summed E-state index contributed by atoms with van der Waals surface area (Å²) in [5.41, 5.74) is 0.926. The fraction of sp³-hybridized carbons (Fsp3) is 0.625. The van der Waals surface area contributed by atoms with E-state index in [0.717, 1.165) is 51.1 Å². The van der Waals surface area contributed by atoms with Crippen molar-refractivity contribution in [3.63, 3.8) is 0 Å². The molecule has 2 fully saturated rings. The minimum Gasteiger partial charge on any atom is -0.420 e. The Hall–Kier alpha value is -2.25. The van der Waals surface area contributed by atoms with Gasteiger partial charge in [-0.25, -0.2) is 0 Å². The normalized spacial score (nSPS) is 23.0. The van der Waals surface area contributed by atoms with Crippen LogP contribution < -0.4 is 0 Å². The molecule has 1 aromatic heterocycles. The first-order chi connectivity index (χ1) is 15.0. The lowest BCUT2D eigenvalue weighted by molar-refractivity contribution is -0.131. The van der Waals surface area contributed by atoms with Gasteiger partial charge in [-0.2, -0.15) is 0 Å². The zero-order valence-corrected chi connectivity index (χ0v) is 19.0. The van der Waals surface area contributed by atoms with E-state index in [1.807, 2.05) is 35.2 Å². The predicted molar refractivity (Wildman–Crippen MR) is 121 cm³/mol. The maximum atomic E-state index is 13.1. The third-order valence-electron chi connectivity index (χ3n) is 6.79. The van der Waals surface area contributed by atoms with Crippen molar-refractivity contribution in [2.45, 2.75) is 32.1 Å². The Morgan fingerprint density at radius 3 is 2.55 bits per heavy atom. The third-order valence-corrected chi connectivity index (χ3v) is 6.79. The van der Waals surface area contributed by atoms with Gasteiger partial charge in [0.15, 0.2) is 0 Å². The highest BCUT2D eigenvalue weighted by molar-refractivity contribution is 5.77. The number of benzene rings is 1. The van der Waals surface area contributed by atoms with Crippen LogP contribution in [0.2, 0.25) is 0 Å². The fourth-order valence-corrected chi connectivity index (χ4v) is 4.97. The first kappa shape index (κ1) is 22.0. The molecule has 31 heavy (non-hydrogen) atoms. The van der Waals surface area contributed by atoms with Gasteiger partial charge in [0, 0.05) is 37.5 Å². The molecule has 0 N–H and O–H groups in total. The van der Waals surface area contributed by atoms with E-state index in [9.17, 15) is 4.79 Å². The lowest BCUT2D eigenvalue weighted by atomic mass is 9.93. The second-order valence-corrected chi connectivity index (χ2v) is 9.32. The number of rotatable bonds is 7. The Morgan fingerprint density at radius 2 is 1.87 bits per heavy atom. The Morgan fingerprint density at radius 1 is 1.13 bits per heavy atom. The van der Waals surface area contributed by atoms with Crippen LogP contribution in [0, 0.1) is 11.8 Å². The summed E-state index contributed by atoms with van der Waals surface area (Å²) < 4.78 is 6.08. The molecule has 1 amide bonds. The maximum absolute atomic E-state index is 13.1. The molecule has 4 rings (SSSR count). The Labute approximate surface area is 185 Å². The van der Waals surface area contributed by atoms with Crippen LogP contribution in [-0.2, 0) is 4.79 Å². The van der Waals surface area contributed by atoms with Gasteiger partial charge >= 0.3 is 0 Å². The molecule has 7 nitrogen and oxygen atoms in total. The number of carbonyl (C=O) groups excluding carboxylic acids is 1. The Kier molecular flexibility index (Phi) is 7.02. The summed E-state index contributed by atoms with van der Waals surface area (Å²) in [6.45, 7) is 7.87. The van der Waals surface area contributed by atoms with E-state index in [1.165, 1.54) is 0 Å². The van der Waals surface area contributed by atoms with E-state index in [0.29, 0.717) is 36.6 Å². The zero-order valence-electron chi connectivity index (χ0n) is 19.0. The van der Waals surface area contributed by atoms with Crippen molar-refractivity contribution in [2.24, 2.45) is 11.8 Å². The smallest absolute Gasteiger partial charge is 0.247 e. The molecule has 1 aromatic carbocycles. The van der Waals surface area contributed by atoms with Crippen molar-refractivity contribution >= 4 is 5.91 Å². The molecule has 3 heterocycles. The van der Waals surface area contributed by atoms with Gasteiger partial charge in [-0.3, -0.25) is 4.79 Å². The number of piperidine rings is 1. The SMILES string of the molecule is CCN1CCC(CC(=O)N2C[C@H](CN(C)C)[C@@H](c3nnc(-c4ccccc4)o3)C2)CC1. The quantitative estimate of drug-likeness (QED) is 0.680. The fourth-order valence-electron chi connectivity index (χ4n) is 4.97. The van der Waals surface area contributed by atoms with Crippen molar-refractivity contribution in [3.05, 3.63) is 36.2 Å². The van der Waals surface area contributed by atoms with Crippen LogP contribution in [0.1, 0.15) is 38.0 Å². The van der Waals surface area contributed by atoms with Crippen LogP contribution >= 0.6 is 0 Å². The molecule has 0 radical (unpaired) electrons. The van der Waals surface area contributed by atoms with Crippen LogP contribution in [0.5, 0.6) is 0 Å². The monoisotopic (exact) mass is 425 g/mol. The number of carbonyl (C=O) groups is 1. The van der Waals surface area contributed by atoms with Crippen molar-refractivity contribution in [1.82, 2.24) is 24.9 Å². The Balaban J connectivity index is 1.43. The molecule has 0 unspecified atom stereocenters. The summed E-state index contributed by atoms with van der Waals surface area (Å²) in [7, 11) is 4.15. The van der Waals surface area contributed by atoms with Crippen molar-refractivity contribution < 1.29 is 9.21 Å². The molecule has 7 heteroatoms. The van der Waals surface area contributed by atoms with E-state index < -0.39 is 0 Å². The molecule has 0 aliphatic carbocycles. The minimum absolute atomic E-state index is 0.0817. The average molecular weight is 426 g/mol. The first-order valence-corrected chi connectivity index (χ1v) is 11.6. The summed E-state index contributed by atoms with van der Waals surface area (Å²) in [6.07, 6.45) is 2.92. The van der Waals surface area contributed by atoms with E-state index in [2.05, 4.69) is 41.0 Å². The predicted octanol–water partition coefficient (Wildman–Crippen LogP) is 2.96. The van der Waals surface area contributed by atoms with Crippen molar-refractivity contribution in [1.29, 1.82) is 0 Å². The van der Waals surface area contributed by atoms with Crippen LogP contribution in [0.15, 0.2) is 34.7 Å². The minimum atomic E-state index is 0.0817. The van der Waals surface area contributed by atoms with E-state index >= 15 is 0 Å². The molecule has 168 valence electrons. The van der Waals surface area contributed by atoms with Gasteiger partial charge in [-0.1, -0.05) is 25.1 Å². The third kappa shape index (κ3) is 5.33. The van der Waals surface area contributed by atoms with E-state index in [-0.39, 0.29) is 11.8 Å². The molecule has 2 aromatic rings. The highest BCUT2D eigenvalue weighted by Crippen LogP contribution is 2.35. The molecular weight excluding hydrogens is 390 g/mol. The highest BCUT2D eigenvalue weighted by atomic mass is 16.4. The number of nitrogens with zero attached hydrogens (tertiary/aromatic N) is 5. The first-order valence-electron chi connectivity index (χ1n) is 11.6. The van der Waals surface area contributed by atoms with Gasteiger partial charge in [0.25, 0.3) is 0 Å². The molecule has 0 bridgehead atoms. The number of likely N-dealkylation sites (tertiary alicyclic amines) is 2. The molecule has 0 saturated carbocycles. The van der Waals surface area contributed by atoms with Crippen LogP contribution in [0.3, 0.4) is 0 Å². The molecule has 2 atom stereocenters. The molecule has 2 aliphatic heterocycles. The van der Waals surface area contributed by atoms with Gasteiger partial charge in [0.1, 0.15) is 0 Å². The van der Waals surface area contributed by atoms with Gasteiger partial charge in [0.2, 0.25) is 17.7 Å². The lowest BCUT2D eigenvalue weighted by Gasteiger charge is -2.31. The molecule has 2 saturated heterocycles. The standard InChI is InChI=1S/C24H35N5O2/c1-4-28-12-10-18(11-13-28)14-22(30)29-16-20(15-27(2)3)21(17-29)24-26-25-23(31-24)19-8-6-5-7-9-19/h5-9,18,20-21H,4,10-17H2,1-3H3/t20-,21-/m0/s1. The molecule has 2 aliphatic rings. The number of hydrogen-bond donors (Lipinski definition) is 0. The number of aromatic nitrogens is 2. The summed E-state index contributed by atoms with van der Waals surface area (Å²) in [4.78, 5) is 19.8. The van der Waals surface area contributed by atoms with Gasteiger partial charge in [-0.05, 0) is 64.6 Å². The molecular formula is C24H35N5O2. The topological polar surface area (TPSA) is 65.7 Å². The maximum Gasteiger partial charge on any atom is 0.247 e. The summed E-state index contributed by atoms with van der Waals surface area (Å²) in [5.74, 6) is 2.37.